The molecule has 1 aromatic heterocycles. The molecular weight excluding hydrogens is 246 g/mol. The van der Waals surface area contributed by atoms with Crippen LogP contribution in [0.15, 0.2) is 24.3 Å². The van der Waals surface area contributed by atoms with E-state index in [0.717, 1.165) is 17.9 Å². The zero-order valence-electron chi connectivity index (χ0n) is 12.8. The van der Waals surface area contributed by atoms with Gasteiger partial charge in [0.05, 0.1) is 11.0 Å². The molecule has 3 nitrogen and oxygen atoms in total. The van der Waals surface area contributed by atoms with Crippen LogP contribution in [0, 0.1) is 5.92 Å². The predicted octanol–water partition coefficient (Wildman–Crippen LogP) is 3.33. The Bertz CT molecular complexity index is 586. The molecule has 1 aliphatic heterocycles. The van der Waals surface area contributed by atoms with Gasteiger partial charge in [-0.3, -0.25) is 0 Å². The second-order valence-electron chi connectivity index (χ2n) is 6.92. The first-order valence-corrected chi connectivity index (χ1v) is 7.73. The van der Waals surface area contributed by atoms with Crippen LogP contribution in [0.25, 0.3) is 11.0 Å². The van der Waals surface area contributed by atoms with Crippen molar-refractivity contribution >= 4 is 11.0 Å². The average Bonchev–Trinajstić information content (AvgIpc) is 3.02. The number of hydrogen-bond donors (Lipinski definition) is 1. The Labute approximate surface area is 121 Å². The first-order chi connectivity index (χ1) is 9.55. The maximum Gasteiger partial charge on any atom is 0.110 e. The number of aromatic nitrogens is 2. The fraction of sp³-hybridized carbons (Fsp3) is 0.588. The molecule has 0 bridgehead atoms. The largest absolute Gasteiger partial charge is 0.323 e. The van der Waals surface area contributed by atoms with E-state index in [0.29, 0.717) is 0 Å². The van der Waals surface area contributed by atoms with E-state index >= 15 is 0 Å². The number of benzene rings is 1. The number of aryl methyl sites for hydroxylation is 1. The Balaban J connectivity index is 1.92. The van der Waals surface area contributed by atoms with E-state index in [1.54, 1.807) is 0 Å². The molecule has 2 heterocycles. The molecule has 0 saturated carbocycles. The lowest BCUT2D eigenvalue weighted by molar-refractivity contribution is 0.387. The maximum absolute atomic E-state index is 4.88. The van der Waals surface area contributed by atoms with Crippen LogP contribution in [-0.4, -0.2) is 22.6 Å². The molecule has 3 heteroatoms. The zero-order chi connectivity index (χ0) is 14.2. The Morgan fingerprint density at radius 1 is 1.30 bits per heavy atom. The van der Waals surface area contributed by atoms with Crippen LogP contribution in [0.1, 0.15) is 39.4 Å². The van der Waals surface area contributed by atoms with Crippen molar-refractivity contribution in [3.63, 3.8) is 0 Å². The van der Waals surface area contributed by atoms with Gasteiger partial charge in [0.25, 0.3) is 0 Å². The van der Waals surface area contributed by atoms with Crippen molar-refractivity contribution in [1.82, 2.24) is 14.9 Å². The Morgan fingerprint density at radius 2 is 2.10 bits per heavy atom. The minimum absolute atomic E-state index is 0.0827. The monoisotopic (exact) mass is 271 g/mol. The van der Waals surface area contributed by atoms with Gasteiger partial charge in [-0.05, 0) is 64.8 Å². The molecule has 0 amide bonds. The standard InChI is InChI=1S/C17H25N3/c1-17(2,3)20-15-7-5-4-6-14(15)19-16(20)9-8-13-10-11-18-12-13/h4-7,13,18H,8-12H2,1-3H3. The van der Waals surface area contributed by atoms with Crippen LogP contribution >= 0.6 is 0 Å². The SMILES string of the molecule is CC(C)(C)n1c(CCC2CCNC2)nc2ccccc21. The second kappa shape index (κ2) is 5.21. The Morgan fingerprint density at radius 3 is 2.80 bits per heavy atom. The molecule has 2 aromatic rings. The second-order valence-corrected chi connectivity index (χ2v) is 6.92. The normalized spacial score (nSPS) is 19.9. The zero-order valence-corrected chi connectivity index (χ0v) is 12.8. The van der Waals surface area contributed by atoms with E-state index < -0.39 is 0 Å². The summed E-state index contributed by atoms with van der Waals surface area (Å²) in [5.74, 6) is 2.06. The smallest absolute Gasteiger partial charge is 0.110 e. The molecule has 108 valence electrons. The summed E-state index contributed by atoms with van der Waals surface area (Å²) in [4.78, 5) is 4.88. The molecule has 1 aliphatic rings. The van der Waals surface area contributed by atoms with Crippen LogP contribution in [0.5, 0.6) is 0 Å². The molecule has 1 fully saturated rings. The van der Waals surface area contributed by atoms with E-state index in [1.165, 1.54) is 37.3 Å². The highest BCUT2D eigenvalue weighted by Gasteiger charge is 2.22. The predicted molar refractivity (Wildman–Crippen MR) is 84.0 cm³/mol. The van der Waals surface area contributed by atoms with Crippen LogP contribution in [-0.2, 0) is 12.0 Å². The lowest BCUT2D eigenvalue weighted by Crippen LogP contribution is -2.24. The number of nitrogens with one attached hydrogen (secondary N) is 1. The highest BCUT2D eigenvalue weighted by molar-refractivity contribution is 5.76. The molecule has 1 aromatic carbocycles. The average molecular weight is 271 g/mol. The maximum atomic E-state index is 4.88. The van der Waals surface area contributed by atoms with Gasteiger partial charge in [0.2, 0.25) is 0 Å². The number of imidazole rings is 1. The molecule has 1 atom stereocenters. The van der Waals surface area contributed by atoms with Gasteiger partial charge in [0.1, 0.15) is 5.82 Å². The quantitative estimate of drug-likeness (QED) is 0.928. The highest BCUT2D eigenvalue weighted by Crippen LogP contribution is 2.26. The van der Waals surface area contributed by atoms with Gasteiger partial charge in [0.15, 0.2) is 0 Å². The summed E-state index contributed by atoms with van der Waals surface area (Å²) >= 11 is 0. The van der Waals surface area contributed by atoms with E-state index in [9.17, 15) is 0 Å². The molecule has 1 unspecified atom stereocenters. The summed E-state index contributed by atoms with van der Waals surface area (Å²) < 4.78 is 2.42. The Kier molecular flexibility index (Phi) is 3.55. The summed E-state index contributed by atoms with van der Waals surface area (Å²) in [6.07, 6.45) is 3.64. The van der Waals surface area contributed by atoms with E-state index in [1.807, 2.05) is 0 Å². The molecule has 0 radical (unpaired) electrons. The van der Waals surface area contributed by atoms with Crippen molar-refractivity contribution in [1.29, 1.82) is 0 Å². The molecule has 1 saturated heterocycles. The van der Waals surface area contributed by atoms with Gasteiger partial charge < -0.3 is 9.88 Å². The number of hydrogen-bond acceptors (Lipinski definition) is 2. The number of rotatable bonds is 3. The van der Waals surface area contributed by atoms with Crippen molar-refractivity contribution in [2.24, 2.45) is 5.92 Å². The van der Waals surface area contributed by atoms with E-state index in [-0.39, 0.29) is 5.54 Å². The van der Waals surface area contributed by atoms with Crippen molar-refractivity contribution < 1.29 is 0 Å². The van der Waals surface area contributed by atoms with Gasteiger partial charge in [0, 0.05) is 12.0 Å². The fourth-order valence-electron chi connectivity index (χ4n) is 3.29. The summed E-state index contributed by atoms with van der Waals surface area (Å²) in [6.45, 7) is 9.15. The minimum Gasteiger partial charge on any atom is -0.323 e. The first-order valence-electron chi connectivity index (χ1n) is 7.73. The lowest BCUT2D eigenvalue weighted by atomic mass is 10.0. The van der Waals surface area contributed by atoms with E-state index in [2.05, 4.69) is 54.9 Å². The molecule has 3 rings (SSSR count). The number of para-hydroxylation sites is 2. The molecule has 0 aliphatic carbocycles. The van der Waals surface area contributed by atoms with Crippen LogP contribution in [0.4, 0.5) is 0 Å². The van der Waals surface area contributed by atoms with Gasteiger partial charge >= 0.3 is 0 Å². The van der Waals surface area contributed by atoms with Gasteiger partial charge in [-0.2, -0.15) is 0 Å². The Hall–Kier alpha value is -1.35. The third kappa shape index (κ3) is 2.59. The van der Waals surface area contributed by atoms with Crippen molar-refractivity contribution in [2.75, 3.05) is 13.1 Å². The third-order valence-corrected chi connectivity index (χ3v) is 4.24. The molecule has 0 spiro atoms. The molecular formula is C17H25N3. The summed E-state index contributed by atoms with van der Waals surface area (Å²) in [5.41, 5.74) is 2.47. The minimum atomic E-state index is 0.0827. The molecule has 20 heavy (non-hydrogen) atoms. The van der Waals surface area contributed by atoms with E-state index in [4.69, 9.17) is 4.98 Å². The van der Waals surface area contributed by atoms with Crippen molar-refractivity contribution in [3.05, 3.63) is 30.1 Å². The van der Waals surface area contributed by atoms with Crippen LogP contribution in [0.3, 0.4) is 0 Å². The first kappa shape index (κ1) is 13.6. The van der Waals surface area contributed by atoms with Gasteiger partial charge in [-0.15, -0.1) is 0 Å². The van der Waals surface area contributed by atoms with Gasteiger partial charge in [-0.1, -0.05) is 12.1 Å². The van der Waals surface area contributed by atoms with Gasteiger partial charge in [-0.25, -0.2) is 4.98 Å². The number of nitrogens with zero attached hydrogens (tertiary/aromatic N) is 2. The van der Waals surface area contributed by atoms with Crippen molar-refractivity contribution in [2.45, 2.75) is 45.6 Å². The third-order valence-electron chi connectivity index (χ3n) is 4.24. The summed E-state index contributed by atoms with van der Waals surface area (Å²) in [6, 6.07) is 8.50. The number of fused-ring (bicyclic) bond motifs is 1. The van der Waals surface area contributed by atoms with Crippen LogP contribution in [0.2, 0.25) is 0 Å². The van der Waals surface area contributed by atoms with Crippen molar-refractivity contribution in [3.8, 4) is 0 Å². The lowest BCUT2D eigenvalue weighted by Gasteiger charge is -2.25. The summed E-state index contributed by atoms with van der Waals surface area (Å²) in [5, 5.41) is 3.45. The molecule has 1 N–H and O–H groups in total. The highest BCUT2D eigenvalue weighted by atomic mass is 15.1. The topological polar surface area (TPSA) is 29.9 Å². The fourth-order valence-corrected chi connectivity index (χ4v) is 3.29. The summed E-state index contributed by atoms with van der Waals surface area (Å²) in [7, 11) is 0. The van der Waals surface area contributed by atoms with Crippen LogP contribution < -0.4 is 5.32 Å².